The smallest absolute Gasteiger partial charge is 0.271 e. The molecule has 1 aliphatic rings. The molecule has 3 rings (SSSR count). The van der Waals surface area contributed by atoms with E-state index in [9.17, 15) is 14.0 Å². The van der Waals surface area contributed by atoms with Crippen molar-refractivity contribution in [3.63, 3.8) is 0 Å². The van der Waals surface area contributed by atoms with Gasteiger partial charge in [-0.1, -0.05) is 0 Å². The van der Waals surface area contributed by atoms with Crippen LogP contribution < -0.4 is 14.4 Å². The quantitative estimate of drug-likeness (QED) is 0.627. The first-order chi connectivity index (χ1) is 11.1. The Morgan fingerprint density at radius 1 is 1.04 bits per heavy atom. The monoisotopic (exact) mass is 315 g/mol. The summed E-state index contributed by atoms with van der Waals surface area (Å²) >= 11 is 0. The number of carbonyl (C=O) groups excluding carboxylic acids is 2. The number of aldehydes is 1. The second-order valence-corrected chi connectivity index (χ2v) is 5.03. The highest BCUT2D eigenvalue weighted by Crippen LogP contribution is 2.31. The molecule has 0 spiro atoms. The summed E-state index contributed by atoms with van der Waals surface area (Å²) in [7, 11) is 1.55. The Labute approximate surface area is 132 Å². The zero-order chi connectivity index (χ0) is 16.4. The van der Waals surface area contributed by atoms with Crippen LogP contribution in [0.15, 0.2) is 48.5 Å². The number of hydrogen-bond acceptors (Lipinski definition) is 4. The minimum atomic E-state index is -0.903. The molecule has 0 aliphatic carbocycles. The van der Waals surface area contributed by atoms with E-state index in [1.54, 1.807) is 31.4 Å². The number of anilines is 1. The minimum Gasteiger partial charge on any atom is -0.497 e. The topological polar surface area (TPSA) is 55.8 Å². The summed E-state index contributed by atoms with van der Waals surface area (Å²) in [4.78, 5) is 25.0. The summed E-state index contributed by atoms with van der Waals surface area (Å²) in [5.74, 6) is 0.273. The first-order valence-electron chi connectivity index (χ1n) is 6.98. The number of amides is 1. The van der Waals surface area contributed by atoms with Gasteiger partial charge in [0.2, 0.25) is 6.10 Å². The molecule has 2 atom stereocenters. The van der Waals surface area contributed by atoms with E-state index in [1.807, 2.05) is 0 Å². The molecule has 1 aliphatic heterocycles. The van der Waals surface area contributed by atoms with Gasteiger partial charge in [-0.15, -0.1) is 0 Å². The largest absolute Gasteiger partial charge is 0.497 e. The molecule has 0 N–H and O–H groups in total. The molecule has 2 aromatic carbocycles. The normalized spacial score (nSPS) is 19.9. The first-order valence-corrected chi connectivity index (χ1v) is 6.98. The minimum absolute atomic E-state index is 0.323. The molecule has 1 amide bonds. The molecule has 0 aromatic heterocycles. The highest BCUT2D eigenvalue weighted by Gasteiger charge is 2.50. The molecule has 23 heavy (non-hydrogen) atoms. The average Bonchev–Trinajstić information content (AvgIpc) is 2.59. The maximum absolute atomic E-state index is 12.9. The molecule has 118 valence electrons. The zero-order valence-corrected chi connectivity index (χ0v) is 12.3. The van der Waals surface area contributed by atoms with Crippen LogP contribution in [0.5, 0.6) is 11.5 Å². The van der Waals surface area contributed by atoms with Crippen LogP contribution in [0.2, 0.25) is 0 Å². The van der Waals surface area contributed by atoms with Crippen molar-refractivity contribution in [1.29, 1.82) is 0 Å². The van der Waals surface area contributed by atoms with Crippen LogP contribution in [0.25, 0.3) is 0 Å². The second-order valence-electron chi connectivity index (χ2n) is 5.03. The summed E-state index contributed by atoms with van der Waals surface area (Å²) in [6.45, 7) is 0. The summed E-state index contributed by atoms with van der Waals surface area (Å²) in [6, 6.07) is 11.4. The lowest BCUT2D eigenvalue weighted by Crippen LogP contribution is -2.68. The maximum Gasteiger partial charge on any atom is 0.271 e. The predicted octanol–water partition coefficient (Wildman–Crippen LogP) is 2.20. The van der Waals surface area contributed by atoms with Crippen LogP contribution in [0.3, 0.4) is 0 Å². The van der Waals surface area contributed by atoms with Gasteiger partial charge in [-0.3, -0.25) is 9.69 Å². The number of halogens is 1. The van der Waals surface area contributed by atoms with Gasteiger partial charge >= 0.3 is 0 Å². The number of β-lactam (4-membered cyclic amide) rings is 1. The van der Waals surface area contributed by atoms with Gasteiger partial charge in [0.05, 0.1) is 7.11 Å². The third-order valence-electron chi connectivity index (χ3n) is 3.66. The van der Waals surface area contributed by atoms with E-state index in [4.69, 9.17) is 9.47 Å². The van der Waals surface area contributed by atoms with E-state index in [2.05, 4.69) is 0 Å². The van der Waals surface area contributed by atoms with Crippen LogP contribution in [-0.2, 0) is 9.59 Å². The van der Waals surface area contributed by atoms with Crippen molar-refractivity contribution >= 4 is 17.9 Å². The van der Waals surface area contributed by atoms with Crippen LogP contribution in [0.1, 0.15) is 0 Å². The molecule has 0 bridgehead atoms. The highest BCUT2D eigenvalue weighted by atomic mass is 19.1. The van der Waals surface area contributed by atoms with Gasteiger partial charge < -0.3 is 14.3 Å². The summed E-state index contributed by atoms with van der Waals surface area (Å²) in [5, 5.41) is 0. The van der Waals surface area contributed by atoms with Gasteiger partial charge in [0, 0.05) is 5.69 Å². The predicted molar refractivity (Wildman–Crippen MR) is 81.1 cm³/mol. The van der Waals surface area contributed by atoms with E-state index in [0.717, 1.165) is 0 Å². The Kier molecular flexibility index (Phi) is 3.97. The molecule has 5 nitrogen and oxygen atoms in total. The van der Waals surface area contributed by atoms with E-state index in [0.29, 0.717) is 23.5 Å². The molecule has 1 saturated heterocycles. The summed E-state index contributed by atoms with van der Waals surface area (Å²) < 4.78 is 23.5. The average molecular weight is 315 g/mol. The van der Waals surface area contributed by atoms with Gasteiger partial charge in [0.15, 0.2) is 0 Å². The van der Waals surface area contributed by atoms with E-state index in [1.165, 1.54) is 29.2 Å². The van der Waals surface area contributed by atoms with Crippen molar-refractivity contribution in [3.05, 3.63) is 54.3 Å². The van der Waals surface area contributed by atoms with Gasteiger partial charge in [0.25, 0.3) is 5.91 Å². The SMILES string of the molecule is COc1ccc(N2C(=O)[C@H](Oc3ccc(F)cc3)[C@@H]2C=O)cc1. The molecule has 0 unspecified atom stereocenters. The molecule has 0 saturated carbocycles. The van der Waals surface area contributed by atoms with Gasteiger partial charge in [-0.25, -0.2) is 4.39 Å². The number of nitrogens with zero attached hydrogens (tertiary/aromatic N) is 1. The van der Waals surface area contributed by atoms with Gasteiger partial charge in [-0.2, -0.15) is 0 Å². The van der Waals surface area contributed by atoms with Crippen molar-refractivity contribution in [1.82, 2.24) is 0 Å². The third kappa shape index (κ3) is 2.75. The van der Waals surface area contributed by atoms with Gasteiger partial charge in [0.1, 0.15) is 29.6 Å². The van der Waals surface area contributed by atoms with Crippen LogP contribution in [-0.4, -0.2) is 31.4 Å². The Morgan fingerprint density at radius 2 is 1.65 bits per heavy atom. The molecule has 6 heteroatoms. The Morgan fingerprint density at radius 3 is 2.22 bits per heavy atom. The Bertz CT molecular complexity index is 714. The number of carbonyl (C=O) groups is 2. The lowest BCUT2D eigenvalue weighted by Gasteiger charge is -2.43. The number of benzene rings is 2. The fourth-order valence-corrected chi connectivity index (χ4v) is 2.44. The van der Waals surface area contributed by atoms with Crippen molar-refractivity contribution in [2.75, 3.05) is 12.0 Å². The zero-order valence-electron chi connectivity index (χ0n) is 12.3. The lowest BCUT2D eigenvalue weighted by molar-refractivity contribution is -0.138. The van der Waals surface area contributed by atoms with Crippen LogP contribution in [0, 0.1) is 5.82 Å². The second kappa shape index (κ2) is 6.08. The lowest BCUT2D eigenvalue weighted by atomic mass is 9.97. The fourth-order valence-electron chi connectivity index (χ4n) is 2.44. The standard InChI is InChI=1S/C17H14FNO4/c1-22-13-8-4-12(5-9-13)19-15(10-20)16(17(19)21)23-14-6-2-11(18)3-7-14/h2-10,15-16H,1H3/t15-,16+/m0/s1. The van der Waals surface area contributed by atoms with Crippen molar-refractivity contribution in [2.45, 2.75) is 12.1 Å². The summed E-state index contributed by atoms with van der Waals surface area (Å²) in [5.41, 5.74) is 0.590. The molecular formula is C17H14FNO4. The highest BCUT2D eigenvalue weighted by molar-refractivity contribution is 6.10. The van der Waals surface area contributed by atoms with E-state index in [-0.39, 0.29) is 5.91 Å². The van der Waals surface area contributed by atoms with E-state index >= 15 is 0 Å². The van der Waals surface area contributed by atoms with Crippen LogP contribution >= 0.6 is 0 Å². The number of ether oxygens (including phenoxy) is 2. The fraction of sp³-hybridized carbons (Fsp3) is 0.176. The number of hydrogen-bond donors (Lipinski definition) is 0. The maximum atomic E-state index is 12.9. The van der Waals surface area contributed by atoms with Crippen LogP contribution in [0.4, 0.5) is 10.1 Å². The molecule has 1 fully saturated rings. The Balaban J connectivity index is 1.76. The van der Waals surface area contributed by atoms with E-state index < -0.39 is 18.0 Å². The van der Waals surface area contributed by atoms with Gasteiger partial charge in [-0.05, 0) is 48.5 Å². The van der Waals surface area contributed by atoms with Crippen molar-refractivity contribution in [3.8, 4) is 11.5 Å². The van der Waals surface area contributed by atoms with Crippen molar-refractivity contribution < 1.29 is 23.5 Å². The molecule has 1 heterocycles. The molecular weight excluding hydrogens is 301 g/mol. The third-order valence-corrected chi connectivity index (χ3v) is 3.66. The van der Waals surface area contributed by atoms with Crippen molar-refractivity contribution in [2.24, 2.45) is 0 Å². The molecule has 0 radical (unpaired) electrons. The number of methoxy groups -OCH3 is 1. The summed E-state index contributed by atoms with van der Waals surface area (Å²) in [6.07, 6.45) is -0.236. The Hall–Kier alpha value is -2.89. The number of rotatable bonds is 5. The molecule has 2 aromatic rings. The first kappa shape index (κ1) is 15.0.